The Balaban J connectivity index is 1.92. The van der Waals surface area contributed by atoms with Crippen molar-refractivity contribution in [2.24, 2.45) is 5.92 Å². The van der Waals surface area contributed by atoms with Crippen molar-refractivity contribution in [2.45, 2.75) is 25.8 Å². The van der Waals surface area contributed by atoms with Crippen molar-refractivity contribution < 1.29 is 14.7 Å². The highest BCUT2D eigenvalue weighted by Gasteiger charge is 2.28. The van der Waals surface area contributed by atoms with E-state index >= 15 is 0 Å². The molecule has 9 heteroatoms. The lowest BCUT2D eigenvalue weighted by molar-refractivity contribution is -0.137. The molecule has 1 aromatic heterocycles. The van der Waals surface area contributed by atoms with Gasteiger partial charge in [-0.25, -0.2) is 4.79 Å². The quantitative estimate of drug-likeness (QED) is 0.654. The molecule has 0 radical (unpaired) electrons. The van der Waals surface area contributed by atoms with E-state index in [0.717, 1.165) is 12.8 Å². The maximum absolute atomic E-state index is 12.0. The number of H-pyrrole nitrogens is 1. The number of aliphatic carboxylic acids is 1. The number of nitrogens with zero attached hydrogens (tertiary/aromatic N) is 4. The smallest absolute Gasteiger partial charge is 0.323 e. The standard InChI is InChI=1S/C10H16N6O3/c1-6(9-12-14-15-13-9)11-10(19)16(5-8(17)18)4-7-2-3-7/h6-7H,2-5H2,1H3,(H,11,19)(H,17,18)(H,12,13,14,15). The molecule has 19 heavy (non-hydrogen) atoms. The van der Waals surface area contributed by atoms with Gasteiger partial charge in [-0.2, -0.15) is 5.21 Å². The van der Waals surface area contributed by atoms with Crippen LogP contribution < -0.4 is 5.32 Å². The van der Waals surface area contributed by atoms with Crippen LogP contribution in [0.1, 0.15) is 31.6 Å². The van der Waals surface area contributed by atoms with Crippen molar-refractivity contribution in [2.75, 3.05) is 13.1 Å². The van der Waals surface area contributed by atoms with E-state index in [0.29, 0.717) is 18.3 Å². The second-order valence-corrected chi connectivity index (χ2v) is 4.66. The van der Waals surface area contributed by atoms with Crippen LogP contribution in [0.4, 0.5) is 4.79 Å². The van der Waals surface area contributed by atoms with Gasteiger partial charge in [-0.05, 0) is 25.7 Å². The Morgan fingerprint density at radius 2 is 2.32 bits per heavy atom. The number of hydrogen-bond acceptors (Lipinski definition) is 5. The molecule has 0 aromatic carbocycles. The fraction of sp³-hybridized carbons (Fsp3) is 0.700. The van der Waals surface area contributed by atoms with Gasteiger partial charge in [0, 0.05) is 6.54 Å². The van der Waals surface area contributed by atoms with Gasteiger partial charge in [0.05, 0.1) is 6.04 Å². The van der Waals surface area contributed by atoms with Gasteiger partial charge in [-0.15, -0.1) is 10.2 Å². The fourth-order valence-corrected chi connectivity index (χ4v) is 1.69. The Labute approximate surface area is 109 Å². The molecule has 1 aliphatic carbocycles. The summed E-state index contributed by atoms with van der Waals surface area (Å²) in [7, 11) is 0. The first-order chi connectivity index (χ1) is 9.06. The Bertz CT molecular complexity index is 444. The van der Waals surface area contributed by atoms with Crippen LogP contribution in [0.3, 0.4) is 0 Å². The topological polar surface area (TPSA) is 124 Å². The number of carbonyl (C=O) groups excluding carboxylic acids is 1. The maximum Gasteiger partial charge on any atom is 0.323 e. The van der Waals surface area contributed by atoms with Gasteiger partial charge in [0.1, 0.15) is 6.54 Å². The molecule has 9 nitrogen and oxygen atoms in total. The van der Waals surface area contributed by atoms with Crippen molar-refractivity contribution in [3.05, 3.63) is 5.82 Å². The first-order valence-corrected chi connectivity index (χ1v) is 6.07. The number of aromatic nitrogens is 4. The highest BCUT2D eigenvalue weighted by molar-refractivity contribution is 5.80. The van der Waals surface area contributed by atoms with Crippen molar-refractivity contribution in [1.82, 2.24) is 30.8 Å². The van der Waals surface area contributed by atoms with Crippen LogP contribution in [0.15, 0.2) is 0 Å². The van der Waals surface area contributed by atoms with Crippen molar-refractivity contribution in [1.29, 1.82) is 0 Å². The molecule has 1 heterocycles. The van der Waals surface area contributed by atoms with E-state index in [2.05, 4.69) is 25.9 Å². The first-order valence-electron chi connectivity index (χ1n) is 6.07. The molecule has 3 N–H and O–H groups in total. The highest BCUT2D eigenvalue weighted by atomic mass is 16.4. The molecule has 1 aromatic rings. The Morgan fingerprint density at radius 3 is 2.84 bits per heavy atom. The molecule has 1 fully saturated rings. The van der Waals surface area contributed by atoms with Crippen molar-refractivity contribution >= 4 is 12.0 Å². The number of carboxylic acids is 1. The van der Waals surface area contributed by atoms with Gasteiger partial charge in [-0.3, -0.25) is 4.79 Å². The summed E-state index contributed by atoms with van der Waals surface area (Å²) in [5, 5.41) is 24.7. The molecular weight excluding hydrogens is 252 g/mol. The number of tetrazole rings is 1. The van der Waals surface area contributed by atoms with Gasteiger partial charge in [0.2, 0.25) is 0 Å². The van der Waals surface area contributed by atoms with Gasteiger partial charge in [0.15, 0.2) is 5.82 Å². The highest BCUT2D eigenvalue weighted by Crippen LogP contribution is 2.29. The molecule has 0 aliphatic heterocycles. The van der Waals surface area contributed by atoms with E-state index in [1.807, 2.05) is 0 Å². The van der Waals surface area contributed by atoms with Crippen LogP contribution in [0.25, 0.3) is 0 Å². The monoisotopic (exact) mass is 268 g/mol. The molecular formula is C10H16N6O3. The summed E-state index contributed by atoms with van der Waals surface area (Å²) in [5.41, 5.74) is 0. The second kappa shape index (κ2) is 5.63. The van der Waals surface area contributed by atoms with Crippen LogP contribution >= 0.6 is 0 Å². The molecule has 0 bridgehead atoms. The number of carboxylic acid groups (broad SMARTS) is 1. The third-order valence-corrected chi connectivity index (χ3v) is 2.88. The average Bonchev–Trinajstić information content (AvgIpc) is 2.98. The number of aromatic amines is 1. The van der Waals surface area contributed by atoms with E-state index in [1.165, 1.54) is 4.90 Å². The fourth-order valence-electron chi connectivity index (χ4n) is 1.69. The van der Waals surface area contributed by atoms with Gasteiger partial charge in [-0.1, -0.05) is 5.21 Å². The Kier molecular flexibility index (Phi) is 3.93. The van der Waals surface area contributed by atoms with Gasteiger partial charge in [0.25, 0.3) is 0 Å². The maximum atomic E-state index is 12.0. The summed E-state index contributed by atoms with van der Waals surface area (Å²) >= 11 is 0. The lowest BCUT2D eigenvalue weighted by atomic mass is 10.3. The number of amides is 2. The molecule has 0 spiro atoms. The summed E-state index contributed by atoms with van der Waals surface area (Å²) in [6.45, 7) is 1.87. The third-order valence-electron chi connectivity index (χ3n) is 2.88. The number of nitrogens with one attached hydrogen (secondary N) is 2. The van der Waals surface area contributed by atoms with Crippen LogP contribution in [0.2, 0.25) is 0 Å². The van der Waals surface area contributed by atoms with E-state index in [-0.39, 0.29) is 6.54 Å². The summed E-state index contributed by atoms with van der Waals surface area (Å²) in [6.07, 6.45) is 2.09. The Hall–Kier alpha value is -2.19. The van der Waals surface area contributed by atoms with Crippen LogP contribution in [-0.4, -0.2) is 55.7 Å². The minimum Gasteiger partial charge on any atom is -0.480 e. The molecule has 1 saturated carbocycles. The molecule has 104 valence electrons. The zero-order valence-corrected chi connectivity index (χ0v) is 10.5. The summed E-state index contributed by atoms with van der Waals surface area (Å²) in [6, 6.07) is -0.853. The predicted molar refractivity (Wildman–Crippen MR) is 63.1 cm³/mol. The minimum atomic E-state index is -1.02. The number of rotatable bonds is 6. The average molecular weight is 268 g/mol. The lowest BCUT2D eigenvalue weighted by Crippen LogP contribution is -2.44. The zero-order valence-electron chi connectivity index (χ0n) is 10.5. The van der Waals surface area contributed by atoms with Gasteiger partial charge < -0.3 is 15.3 Å². The van der Waals surface area contributed by atoms with E-state index in [1.54, 1.807) is 6.92 Å². The van der Waals surface area contributed by atoms with Crippen molar-refractivity contribution in [3.8, 4) is 0 Å². The van der Waals surface area contributed by atoms with Crippen molar-refractivity contribution in [3.63, 3.8) is 0 Å². The normalized spacial score (nSPS) is 15.8. The van der Waals surface area contributed by atoms with Crippen LogP contribution in [0.5, 0.6) is 0 Å². The van der Waals surface area contributed by atoms with Crippen LogP contribution in [0, 0.1) is 5.92 Å². The molecule has 2 amide bonds. The van der Waals surface area contributed by atoms with E-state index in [9.17, 15) is 9.59 Å². The number of urea groups is 1. The van der Waals surface area contributed by atoms with E-state index < -0.39 is 18.0 Å². The van der Waals surface area contributed by atoms with E-state index in [4.69, 9.17) is 5.11 Å². The lowest BCUT2D eigenvalue weighted by Gasteiger charge is -2.22. The first kappa shape index (κ1) is 13.2. The summed E-state index contributed by atoms with van der Waals surface area (Å²) < 4.78 is 0. The molecule has 1 unspecified atom stereocenters. The van der Waals surface area contributed by atoms with Crippen LogP contribution in [-0.2, 0) is 4.79 Å². The SMILES string of the molecule is CC(NC(=O)N(CC(=O)O)CC1CC1)c1nn[nH]n1. The van der Waals surface area contributed by atoms with Gasteiger partial charge >= 0.3 is 12.0 Å². The molecule has 2 rings (SSSR count). The second-order valence-electron chi connectivity index (χ2n) is 4.66. The number of hydrogen-bond donors (Lipinski definition) is 3. The predicted octanol–water partition coefficient (Wildman–Crippen LogP) is -0.233. The third kappa shape index (κ3) is 3.90. The largest absolute Gasteiger partial charge is 0.480 e. The minimum absolute atomic E-state index is 0.304. The zero-order chi connectivity index (χ0) is 13.8. The summed E-state index contributed by atoms with van der Waals surface area (Å²) in [5.74, 6) is -0.247. The Morgan fingerprint density at radius 1 is 1.58 bits per heavy atom. The summed E-state index contributed by atoms with van der Waals surface area (Å²) in [4.78, 5) is 24.1. The molecule has 0 saturated heterocycles. The molecule has 1 atom stereocenters. The molecule has 1 aliphatic rings. The number of carbonyl (C=O) groups is 2.